The van der Waals surface area contributed by atoms with E-state index < -0.39 is 4.92 Å². The van der Waals surface area contributed by atoms with E-state index in [1.54, 1.807) is 0 Å². The molecule has 0 spiro atoms. The lowest BCUT2D eigenvalue weighted by Crippen LogP contribution is -2.01. The molecule has 0 aliphatic rings. The van der Waals surface area contributed by atoms with Gasteiger partial charge >= 0.3 is 0 Å². The maximum atomic E-state index is 10.8. The molecule has 0 fully saturated rings. The van der Waals surface area contributed by atoms with E-state index in [0.717, 1.165) is 16.5 Å². The Labute approximate surface area is 125 Å². The Hall–Kier alpha value is -2.53. The Bertz CT molecular complexity index is 814. The first-order valence-corrected chi connectivity index (χ1v) is 6.76. The van der Waals surface area contributed by atoms with Gasteiger partial charge in [-0.1, -0.05) is 29.8 Å². The van der Waals surface area contributed by atoms with E-state index in [2.05, 4.69) is 10.3 Å². The van der Waals surface area contributed by atoms with E-state index >= 15 is 0 Å². The number of rotatable bonds is 4. The number of nitrogens with one attached hydrogen (secondary N) is 2. The highest BCUT2D eigenvalue weighted by Crippen LogP contribution is 2.27. The zero-order valence-corrected chi connectivity index (χ0v) is 11.7. The first-order valence-electron chi connectivity index (χ1n) is 6.38. The summed E-state index contributed by atoms with van der Waals surface area (Å²) in [7, 11) is 0. The lowest BCUT2D eigenvalue weighted by molar-refractivity contribution is -0.384. The van der Waals surface area contributed by atoms with Crippen molar-refractivity contribution in [3.05, 3.63) is 69.4 Å². The number of halogens is 1. The maximum Gasteiger partial charge on any atom is 0.271 e. The number of aromatic amines is 1. The molecule has 1 heterocycles. The molecule has 0 aliphatic heterocycles. The zero-order valence-electron chi connectivity index (χ0n) is 11.0. The van der Waals surface area contributed by atoms with Crippen LogP contribution >= 0.6 is 11.6 Å². The van der Waals surface area contributed by atoms with Crippen molar-refractivity contribution in [1.82, 2.24) is 4.98 Å². The smallest absolute Gasteiger partial charge is 0.271 e. The van der Waals surface area contributed by atoms with Crippen LogP contribution in [0.2, 0.25) is 5.02 Å². The number of para-hydroxylation sites is 1. The summed E-state index contributed by atoms with van der Waals surface area (Å²) in [6.07, 6.45) is 1.88. The number of non-ortho nitro benzene ring substituents is 1. The molecular formula is C15H12ClN3O2. The van der Waals surface area contributed by atoms with Crippen LogP contribution in [0.1, 0.15) is 5.56 Å². The van der Waals surface area contributed by atoms with E-state index in [4.69, 9.17) is 11.6 Å². The summed E-state index contributed by atoms with van der Waals surface area (Å²) >= 11 is 6.07. The average Bonchev–Trinajstić information content (AvgIpc) is 2.95. The number of nitro benzene ring substituents is 1. The van der Waals surface area contributed by atoms with Gasteiger partial charge in [0.25, 0.3) is 5.69 Å². The van der Waals surface area contributed by atoms with Gasteiger partial charge in [0.15, 0.2) is 0 Å². The van der Waals surface area contributed by atoms with Gasteiger partial charge in [-0.15, -0.1) is 0 Å². The number of nitrogens with zero attached hydrogens (tertiary/aromatic N) is 1. The second-order valence-electron chi connectivity index (χ2n) is 4.63. The summed E-state index contributed by atoms with van der Waals surface area (Å²) in [4.78, 5) is 13.6. The summed E-state index contributed by atoms with van der Waals surface area (Å²) in [5.41, 5.74) is 2.68. The Morgan fingerprint density at radius 1 is 1.24 bits per heavy atom. The molecule has 2 N–H and O–H groups in total. The van der Waals surface area contributed by atoms with Crippen molar-refractivity contribution in [2.75, 3.05) is 5.32 Å². The Kier molecular flexibility index (Phi) is 3.50. The first-order chi connectivity index (χ1) is 10.1. The Morgan fingerprint density at radius 2 is 2.10 bits per heavy atom. The van der Waals surface area contributed by atoms with Gasteiger partial charge in [0, 0.05) is 24.9 Å². The van der Waals surface area contributed by atoms with Crippen molar-refractivity contribution in [2.45, 2.75) is 6.54 Å². The zero-order chi connectivity index (χ0) is 14.8. The molecule has 0 atom stereocenters. The Morgan fingerprint density at radius 3 is 2.90 bits per heavy atom. The molecule has 2 aromatic carbocycles. The van der Waals surface area contributed by atoms with Crippen molar-refractivity contribution in [1.29, 1.82) is 0 Å². The highest BCUT2D eigenvalue weighted by Gasteiger charge is 2.10. The Balaban J connectivity index is 1.86. The van der Waals surface area contributed by atoms with Crippen LogP contribution in [-0.4, -0.2) is 9.91 Å². The number of fused-ring (bicyclic) bond motifs is 1. The van der Waals surface area contributed by atoms with Crippen LogP contribution in [0.25, 0.3) is 10.9 Å². The van der Waals surface area contributed by atoms with Crippen LogP contribution in [0.5, 0.6) is 0 Å². The van der Waals surface area contributed by atoms with Crippen LogP contribution in [0.15, 0.2) is 48.7 Å². The molecule has 0 aliphatic carbocycles. The lowest BCUT2D eigenvalue weighted by Gasteiger charge is -2.09. The largest absolute Gasteiger partial charge is 0.379 e. The van der Waals surface area contributed by atoms with Crippen molar-refractivity contribution in [3.8, 4) is 0 Å². The number of nitro groups is 1. The molecule has 0 saturated carbocycles. The van der Waals surface area contributed by atoms with Gasteiger partial charge in [0.1, 0.15) is 0 Å². The van der Waals surface area contributed by atoms with Crippen molar-refractivity contribution in [3.63, 3.8) is 0 Å². The minimum Gasteiger partial charge on any atom is -0.379 e. The minimum absolute atomic E-state index is 0.0139. The summed E-state index contributed by atoms with van der Waals surface area (Å²) in [6, 6.07) is 12.3. The molecule has 1 aromatic heterocycles. The lowest BCUT2D eigenvalue weighted by atomic mass is 10.1. The number of hydrogen-bond donors (Lipinski definition) is 2. The molecule has 3 aromatic rings. The van der Waals surface area contributed by atoms with Gasteiger partial charge in [-0.2, -0.15) is 0 Å². The number of aromatic nitrogens is 1. The molecule has 3 rings (SSSR count). The topological polar surface area (TPSA) is 71.0 Å². The molecule has 106 valence electrons. The molecule has 6 heteroatoms. The summed E-state index contributed by atoms with van der Waals surface area (Å²) in [5, 5.41) is 15.5. The molecule has 0 unspecified atom stereocenters. The first kappa shape index (κ1) is 13.5. The van der Waals surface area contributed by atoms with Crippen molar-refractivity contribution >= 4 is 33.9 Å². The van der Waals surface area contributed by atoms with Crippen LogP contribution < -0.4 is 5.32 Å². The van der Waals surface area contributed by atoms with E-state index in [9.17, 15) is 10.1 Å². The van der Waals surface area contributed by atoms with E-state index in [1.165, 1.54) is 18.2 Å². The molecule has 0 amide bonds. The summed E-state index contributed by atoms with van der Waals surface area (Å²) < 4.78 is 0. The molecular weight excluding hydrogens is 290 g/mol. The third-order valence-corrected chi connectivity index (χ3v) is 3.63. The molecule has 0 bridgehead atoms. The number of H-pyrrole nitrogens is 1. The molecule has 0 saturated heterocycles. The summed E-state index contributed by atoms with van der Waals surface area (Å²) in [5.74, 6) is 0. The highest BCUT2D eigenvalue weighted by atomic mass is 35.5. The molecule has 21 heavy (non-hydrogen) atoms. The molecule has 5 nitrogen and oxygen atoms in total. The second-order valence-corrected chi connectivity index (χ2v) is 5.04. The standard InChI is InChI=1S/C15H12ClN3O2/c16-13-5-4-12(19(20)21)8-14(13)18-9-11-3-1-2-10-6-7-17-15(10)11/h1-8,17-18H,9H2. The fraction of sp³-hybridized carbons (Fsp3) is 0.0667. The third kappa shape index (κ3) is 2.68. The number of benzene rings is 2. The van der Waals surface area contributed by atoms with Crippen molar-refractivity contribution in [2.24, 2.45) is 0 Å². The summed E-state index contributed by atoms with van der Waals surface area (Å²) in [6.45, 7) is 0.527. The van der Waals surface area contributed by atoms with Gasteiger partial charge in [0.2, 0.25) is 0 Å². The van der Waals surface area contributed by atoms with E-state index in [0.29, 0.717) is 17.3 Å². The third-order valence-electron chi connectivity index (χ3n) is 3.30. The second kappa shape index (κ2) is 5.46. The van der Waals surface area contributed by atoms with Gasteiger partial charge in [0.05, 0.1) is 21.2 Å². The molecule has 0 radical (unpaired) electrons. The van der Waals surface area contributed by atoms with Crippen LogP contribution in [0.4, 0.5) is 11.4 Å². The fourth-order valence-corrected chi connectivity index (χ4v) is 2.43. The van der Waals surface area contributed by atoms with Gasteiger partial charge in [-0.25, -0.2) is 0 Å². The predicted molar refractivity (Wildman–Crippen MR) is 83.7 cm³/mol. The monoisotopic (exact) mass is 301 g/mol. The predicted octanol–water partition coefficient (Wildman–Crippen LogP) is 4.34. The van der Waals surface area contributed by atoms with E-state index in [-0.39, 0.29) is 5.69 Å². The van der Waals surface area contributed by atoms with Gasteiger partial charge in [-0.3, -0.25) is 10.1 Å². The van der Waals surface area contributed by atoms with Gasteiger partial charge in [-0.05, 0) is 23.1 Å². The number of anilines is 1. The minimum atomic E-state index is -0.437. The van der Waals surface area contributed by atoms with Crippen LogP contribution in [0, 0.1) is 10.1 Å². The van der Waals surface area contributed by atoms with Gasteiger partial charge < -0.3 is 10.3 Å². The van der Waals surface area contributed by atoms with E-state index in [1.807, 2.05) is 30.5 Å². The quantitative estimate of drug-likeness (QED) is 0.556. The SMILES string of the molecule is O=[N+]([O-])c1ccc(Cl)c(NCc2cccc3cc[nH]c23)c1. The fourth-order valence-electron chi connectivity index (χ4n) is 2.25. The average molecular weight is 302 g/mol. The normalized spacial score (nSPS) is 10.7. The highest BCUT2D eigenvalue weighted by molar-refractivity contribution is 6.33. The van der Waals surface area contributed by atoms with Crippen LogP contribution in [-0.2, 0) is 6.54 Å². The number of hydrogen-bond acceptors (Lipinski definition) is 3. The van der Waals surface area contributed by atoms with Crippen LogP contribution in [0.3, 0.4) is 0 Å². The maximum absolute atomic E-state index is 10.8. The van der Waals surface area contributed by atoms with Crippen molar-refractivity contribution < 1.29 is 4.92 Å².